The summed E-state index contributed by atoms with van der Waals surface area (Å²) in [5.74, 6) is 0. The second-order valence-electron chi connectivity index (χ2n) is 2.92. The average molecular weight is 184 g/mol. The molecule has 0 atom stereocenters. The van der Waals surface area contributed by atoms with E-state index in [0.717, 1.165) is 0 Å². The first-order valence-corrected chi connectivity index (χ1v) is 4.08. The predicted molar refractivity (Wildman–Crippen MR) is 50.6 cm³/mol. The van der Waals surface area contributed by atoms with Gasteiger partial charge in [0.15, 0.2) is 0 Å². The van der Waals surface area contributed by atoms with Crippen LogP contribution in [-0.4, -0.2) is 6.29 Å². The highest BCUT2D eigenvalue weighted by Crippen LogP contribution is 2.15. The van der Waals surface area contributed by atoms with E-state index in [0.29, 0.717) is 28.5 Å². The van der Waals surface area contributed by atoms with Crippen molar-refractivity contribution in [3.8, 4) is 12.1 Å². The van der Waals surface area contributed by atoms with Gasteiger partial charge in [-0.05, 0) is 30.2 Å². The lowest BCUT2D eigenvalue weighted by molar-refractivity contribution is 0.112. The van der Waals surface area contributed by atoms with Crippen LogP contribution < -0.4 is 0 Å². The van der Waals surface area contributed by atoms with Crippen molar-refractivity contribution in [2.75, 3.05) is 0 Å². The van der Waals surface area contributed by atoms with E-state index in [9.17, 15) is 4.79 Å². The highest BCUT2D eigenvalue weighted by atomic mass is 16.1. The first-order chi connectivity index (χ1) is 6.72. The lowest BCUT2D eigenvalue weighted by Gasteiger charge is -2.03. The molecule has 1 aromatic rings. The van der Waals surface area contributed by atoms with E-state index in [4.69, 9.17) is 10.5 Å². The van der Waals surface area contributed by atoms with E-state index in [1.807, 2.05) is 12.1 Å². The monoisotopic (exact) mass is 184 g/mol. The Morgan fingerprint density at radius 3 is 2.64 bits per heavy atom. The van der Waals surface area contributed by atoms with E-state index in [2.05, 4.69) is 0 Å². The molecule has 0 saturated heterocycles. The molecule has 0 amide bonds. The summed E-state index contributed by atoms with van der Waals surface area (Å²) in [4.78, 5) is 10.7. The average Bonchev–Trinajstić information content (AvgIpc) is 2.20. The summed E-state index contributed by atoms with van der Waals surface area (Å²) >= 11 is 0. The number of rotatable bonds is 2. The number of nitriles is 2. The van der Waals surface area contributed by atoms with Gasteiger partial charge in [-0.1, -0.05) is 0 Å². The van der Waals surface area contributed by atoms with Gasteiger partial charge in [-0.3, -0.25) is 4.79 Å². The minimum Gasteiger partial charge on any atom is -0.298 e. The van der Waals surface area contributed by atoms with Crippen molar-refractivity contribution in [2.45, 2.75) is 13.3 Å². The third-order valence-corrected chi connectivity index (χ3v) is 2.04. The second kappa shape index (κ2) is 4.20. The van der Waals surface area contributed by atoms with E-state index in [1.165, 1.54) is 0 Å². The zero-order valence-electron chi connectivity index (χ0n) is 7.74. The Bertz CT molecular complexity index is 450. The van der Waals surface area contributed by atoms with Gasteiger partial charge >= 0.3 is 0 Å². The fourth-order valence-corrected chi connectivity index (χ4v) is 1.23. The van der Waals surface area contributed by atoms with Gasteiger partial charge in [0.05, 0.1) is 24.1 Å². The largest absolute Gasteiger partial charge is 0.298 e. The van der Waals surface area contributed by atoms with Gasteiger partial charge in [0.1, 0.15) is 6.29 Å². The molecule has 0 unspecified atom stereocenters. The molecule has 0 radical (unpaired) electrons. The molecule has 3 heteroatoms. The van der Waals surface area contributed by atoms with Crippen LogP contribution in [0.4, 0.5) is 0 Å². The van der Waals surface area contributed by atoms with E-state index in [-0.39, 0.29) is 6.42 Å². The van der Waals surface area contributed by atoms with Gasteiger partial charge in [-0.2, -0.15) is 10.5 Å². The zero-order valence-corrected chi connectivity index (χ0v) is 7.74. The summed E-state index contributed by atoms with van der Waals surface area (Å²) < 4.78 is 0. The van der Waals surface area contributed by atoms with Crippen LogP contribution in [0.3, 0.4) is 0 Å². The van der Waals surface area contributed by atoms with Crippen LogP contribution in [0.2, 0.25) is 0 Å². The molecule has 3 nitrogen and oxygen atoms in total. The Morgan fingerprint density at radius 1 is 1.43 bits per heavy atom. The zero-order chi connectivity index (χ0) is 10.6. The number of nitrogens with zero attached hydrogens (tertiary/aromatic N) is 2. The van der Waals surface area contributed by atoms with Gasteiger partial charge in [-0.25, -0.2) is 0 Å². The maximum Gasteiger partial charge on any atom is 0.150 e. The first-order valence-electron chi connectivity index (χ1n) is 4.08. The van der Waals surface area contributed by atoms with Gasteiger partial charge < -0.3 is 0 Å². The molecule has 1 aromatic carbocycles. The number of carbonyl (C=O) groups is 1. The normalized spacial score (nSPS) is 8.79. The molecule has 1 rings (SSSR count). The minimum absolute atomic E-state index is 0.218. The van der Waals surface area contributed by atoms with Crippen molar-refractivity contribution in [2.24, 2.45) is 0 Å². The molecule has 0 fully saturated rings. The quantitative estimate of drug-likeness (QED) is 0.657. The SMILES string of the molecule is Cc1c(C#N)cc(CC#N)cc1C=O. The van der Waals surface area contributed by atoms with Gasteiger partial charge in [0.25, 0.3) is 0 Å². The third kappa shape index (κ3) is 1.78. The Balaban J connectivity index is 3.35. The summed E-state index contributed by atoms with van der Waals surface area (Å²) in [7, 11) is 0. The molecule has 0 spiro atoms. The van der Waals surface area contributed by atoms with Gasteiger partial charge in [0, 0.05) is 5.56 Å². The van der Waals surface area contributed by atoms with E-state index >= 15 is 0 Å². The fraction of sp³-hybridized carbons (Fsp3) is 0.182. The molecule has 0 aliphatic carbocycles. The number of benzene rings is 1. The molecule has 0 aromatic heterocycles. The maximum absolute atomic E-state index is 10.7. The third-order valence-electron chi connectivity index (χ3n) is 2.04. The van der Waals surface area contributed by atoms with Crippen molar-refractivity contribution in [3.63, 3.8) is 0 Å². The fourth-order valence-electron chi connectivity index (χ4n) is 1.23. The highest BCUT2D eigenvalue weighted by molar-refractivity contribution is 5.79. The molecule has 0 heterocycles. The molecule has 0 aliphatic rings. The van der Waals surface area contributed by atoms with Crippen LogP contribution in [0.5, 0.6) is 0 Å². The van der Waals surface area contributed by atoms with Gasteiger partial charge in [0.2, 0.25) is 0 Å². The Hall–Kier alpha value is -2.13. The summed E-state index contributed by atoms with van der Waals surface area (Å²) in [6, 6.07) is 7.27. The molecular weight excluding hydrogens is 176 g/mol. The van der Waals surface area contributed by atoms with Crippen LogP contribution in [-0.2, 0) is 6.42 Å². The standard InChI is InChI=1S/C11H8N2O/c1-8-10(6-13)4-9(2-3-12)5-11(8)7-14/h4-5,7H,2H2,1H3. The Kier molecular flexibility index (Phi) is 2.99. The predicted octanol–water partition coefficient (Wildman–Crippen LogP) is 1.75. The van der Waals surface area contributed by atoms with Crippen LogP contribution in [0, 0.1) is 29.6 Å². The molecule has 0 saturated carbocycles. The number of hydrogen-bond donors (Lipinski definition) is 0. The Labute approximate surface area is 82.2 Å². The first kappa shape index (κ1) is 9.95. The lowest BCUT2D eigenvalue weighted by Crippen LogP contribution is -1.94. The van der Waals surface area contributed by atoms with Crippen LogP contribution in [0.25, 0.3) is 0 Å². The van der Waals surface area contributed by atoms with Crippen LogP contribution in [0.15, 0.2) is 12.1 Å². The summed E-state index contributed by atoms with van der Waals surface area (Å²) in [6.45, 7) is 1.72. The van der Waals surface area contributed by atoms with E-state index in [1.54, 1.807) is 19.1 Å². The van der Waals surface area contributed by atoms with Crippen molar-refractivity contribution in [3.05, 3.63) is 34.4 Å². The highest BCUT2D eigenvalue weighted by Gasteiger charge is 2.05. The molecule has 0 bridgehead atoms. The number of carbonyl (C=O) groups excluding carboxylic acids is 1. The van der Waals surface area contributed by atoms with Crippen molar-refractivity contribution < 1.29 is 4.79 Å². The lowest BCUT2D eigenvalue weighted by atomic mass is 9.99. The number of aldehydes is 1. The topological polar surface area (TPSA) is 64.7 Å². The molecule has 14 heavy (non-hydrogen) atoms. The maximum atomic E-state index is 10.7. The minimum atomic E-state index is 0.218. The number of hydrogen-bond acceptors (Lipinski definition) is 3. The van der Waals surface area contributed by atoms with Gasteiger partial charge in [-0.15, -0.1) is 0 Å². The van der Waals surface area contributed by atoms with Crippen molar-refractivity contribution in [1.82, 2.24) is 0 Å². The molecule has 0 aliphatic heterocycles. The Morgan fingerprint density at radius 2 is 2.14 bits per heavy atom. The van der Waals surface area contributed by atoms with Crippen LogP contribution in [0.1, 0.15) is 27.0 Å². The summed E-state index contributed by atoms with van der Waals surface area (Å²) in [5.41, 5.74) is 2.31. The van der Waals surface area contributed by atoms with Crippen LogP contribution >= 0.6 is 0 Å². The molecule has 0 N–H and O–H groups in total. The summed E-state index contributed by atoms with van der Waals surface area (Å²) in [5, 5.41) is 17.3. The molecule has 68 valence electrons. The summed E-state index contributed by atoms with van der Waals surface area (Å²) in [6.07, 6.45) is 0.923. The second-order valence-corrected chi connectivity index (χ2v) is 2.92. The van der Waals surface area contributed by atoms with E-state index < -0.39 is 0 Å². The van der Waals surface area contributed by atoms with Crippen molar-refractivity contribution in [1.29, 1.82) is 10.5 Å². The smallest absolute Gasteiger partial charge is 0.150 e. The van der Waals surface area contributed by atoms with Crippen molar-refractivity contribution >= 4 is 6.29 Å². The molecular formula is C11H8N2O.